The van der Waals surface area contributed by atoms with Crippen molar-refractivity contribution in [1.82, 2.24) is 9.97 Å². The first-order valence-electron chi connectivity index (χ1n) is 7.13. The van der Waals surface area contributed by atoms with E-state index < -0.39 is 5.97 Å². The summed E-state index contributed by atoms with van der Waals surface area (Å²) < 4.78 is 10.9. The Labute approximate surface area is 138 Å². The van der Waals surface area contributed by atoms with Gasteiger partial charge in [0.1, 0.15) is 11.5 Å². The lowest BCUT2D eigenvalue weighted by Crippen LogP contribution is -1.99. The number of rotatable bonds is 5. The van der Waals surface area contributed by atoms with Crippen molar-refractivity contribution in [3.05, 3.63) is 66.6 Å². The van der Waals surface area contributed by atoms with Crippen molar-refractivity contribution in [2.45, 2.75) is 0 Å². The molecule has 0 unspecified atom stereocenters. The van der Waals surface area contributed by atoms with Crippen LogP contribution in [0.15, 0.2) is 61.1 Å². The van der Waals surface area contributed by atoms with Crippen molar-refractivity contribution >= 4 is 5.97 Å². The molecule has 6 heteroatoms. The average molecular weight is 322 g/mol. The quantitative estimate of drug-likeness (QED) is 0.772. The first kappa shape index (κ1) is 15.5. The van der Waals surface area contributed by atoms with Gasteiger partial charge in [0.05, 0.1) is 12.7 Å². The second-order valence-electron chi connectivity index (χ2n) is 4.90. The number of methoxy groups -OCH3 is 1. The maximum atomic E-state index is 11.2. The van der Waals surface area contributed by atoms with Gasteiger partial charge in [0, 0.05) is 30.2 Å². The monoisotopic (exact) mass is 322 g/mol. The van der Waals surface area contributed by atoms with Crippen LogP contribution in [0.25, 0.3) is 11.1 Å². The smallest absolute Gasteiger partial charge is 0.335 e. The maximum absolute atomic E-state index is 11.2. The van der Waals surface area contributed by atoms with E-state index in [-0.39, 0.29) is 5.56 Å². The third-order valence-corrected chi connectivity index (χ3v) is 3.34. The molecule has 24 heavy (non-hydrogen) atoms. The zero-order valence-corrected chi connectivity index (χ0v) is 12.8. The molecule has 0 aliphatic heterocycles. The first-order chi connectivity index (χ1) is 11.7. The van der Waals surface area contributed by atoms with Crippen LogP contribution >= 0.6 is 0 Å². The summed E-state index contributed by atoms with van der Waals surface area (Å²) in [6, 6.07) is 11.8. The van der Waals surface area contributed by atoms with Gasteiger partial charge in [-0.2, -0.15) is 0 Å². The number of nitrogens with zero attached hydrogens (tertiary/aromatic N) is 2. The van der Waals surface area contributed by atoms with Crippen molar-refractivity contribution in [3.63, 3.8) is 0 Å². The molecule has 2 heterocycles. The second-order valence-corrected chi connectivity index (χ2v) is 4.90. The van der Waals surface area contributed by atoms with Crippen molar-refractivity contribution in [2.75, 3.05) is 7.11 Å². The number of aromatic carboxylic acids is 1. The van der Waals surface area contributed by atoms with Crippen LogP contribution in [0.1, 0.15) is 10.4 Å². The molecule has 0 fully saturated rings. The normalized spacial score (nSPS) is 10.2. The van der Waals surface area contributed by atoms with Crippen LogP contribution < -0.4 is 9.47 Å². The Morgan fingerprint density at radius 3 is 2.50 bits per heavy atom. The van der Waals surface area contributed by atoms with Crippen LogP contribution in [0.2, 0.25) is 0 Å². The number of carboxylic acids is 1. The van der Waals surface area contributed by atoms with Crippen molar-refractivity contribution < 1.29 is 19.4 Å². The van der Waals surface area contributed by atoms with Gasteiger partial charge in [-0.25, -0.2) is 9.78 Å². The van der Waals surface area contributed by atoms with E-state index >= 15 is 0 Å². The fourth-order valence-corrected chi connectivity index (χ4v) is 2.21. The molecular weight excluding hydrogens is 308 g/mol. The standard InChI is InChI=1S/C18H14N2O4/c1-23-14-9-13(18(21)22)10-15(11-14)24-17-16(3-2-6-20-17)12-4-7-19-8-5-12/h2-11H,1H3,(H,21,22). The van der Waals surface area contributed by atoms with E-state index in [2.05, 4.69) is 9.97 Å². The third kappa shape index (κ3) is 3.33. The first-order valence-corrected chi connectivity index (χ1v) is 7.13. The van der Waals surface area contributed by atoms with Gasteiger partial charge in [-0.1, -0.05) is 0 Å². The van der Waals surface area contributed by atoms with Gasteiger partial charge in [-0.3, -0.25) is 4.98 Å². The Morgan fingerprint density at radius 1 is 1.04 bits per heavy atom. The van der Waals surface area contributed by atoms with E-state index in [0.717, 1.165) is 11.1 Å². The minimum Gasteiger partial charge on any atom is -0.497 e. The molecule has 0 atom stereocenters. The van der Waals surface area contributed by atoms with Gasteiger partial charge in [0.15, 0.2) is 0 Å². The summed E-state index contributed by atoms with van der Waals surface area (Å²) in [4.78, 5) is 19.5. The Balaban J connectivity index is 2.01. The van der Waals surface area contributed by atoms with Gasteiger partial charge < -0.3 is 14.6 Å². The molecule has 120 valence electrons. The Morgan fingerprint density at radius 2 is 1.79 bits per heavy atom. The summed E-state index contributed by atoms with van der Waals surface area (Å²) in [6.07, 6.45) is 4.97. The number of carbonyl (C=O) groups is 1. The SMILES string of the molecule is COc1cc(Oc2ncccc2-c2ccncc2)cc(C(=O)O)c1. The van der Waals surface area contributed by atoms with E-state index in [1.807, 2.05) is 18.2 Å². The van der Waals surface area contributed by atoms with Crippen LogP contribution in [-0.4, -0.2) is 28.2 Å². The predicted molar refractivity (Wildman–Crippen MR) is 87.5 cm³/mol. The molecule has 0 spiro atoms. The minimum atomic E-state index is -1.06. The third-order valence-electron chi connectivity index (χ3n) is 3.34. The molecule has 0 bridgehead atoms. The van der Waals surface area contributed by atoms with Crippen molar-refractivity contribution in [1.29, 1.82) is 0 Å². The average Bonchev–Trinajstić information content (AvgIpc) is 2.62. The lowest BCUT2D eigenvalue weighted by molar-refractivity contribution is 0.0696. The van der Waals surface area contributed by atoms with E-state index in [0.29, 0.717) is 17.4 Å². The molecule has 0 saturated heterocycles. The molecule has 0 aliphatic rings. The molecule has 1 N–H and O–H groups in total. The van der Waals surface area contributed by atoms with Gasteiger partial charge in [0.2, 0.25) is 5.88 Å². The summed E-state index contributed by atoms with van der Waals surface area (Å²) in [7, 11) is 1.47. The molecule has 0 radical (unpaired) electrons. The van der Waals surface area contributed by atoms with Gasteiger partial charge in [0.25, 0.3) is 0 Å². The second kappa shape index (κ2) is 6.78. The van der Waals surface area contributed by atoms with Gasteiger partial charge >= 0.3 is 5.97 Å². The highest BCUT2D eigenvalue weighted by Crippen LogP contribution is 2.32. The summed E-state index contributed by atoms with van der Waals surface area (Å²) in [5, 5.41) is 9.19. The molecule has 0 aliphatic carbocycles. The Bertz CT molecular complexity index is 866. The van der Waals surface area contributed by atoms with Gasteiger partial charge in [-0.15, -0.1) is 0 Å². The number of ether oxygens (including phenoxy) is 2. The summed E-state index contributed by atoms with van der Waals surface area (Å²) >= 11 is 0. The Hall–Kier alpha value is -3.41. The van der Waals surface area contributed by atoms with Crippen LogP contribution in [0.4, 0.5) is 0 Å². The lowest BCUT2D eigenvalue weighted by atomic mass is 10.1. The van der Waals surface area contributed by atoms with E-state index in [1.54, 1.807) is 30.7 Å². The number of hydrogen-bond acceptors (Lipinski definition) is 5. The highest BCUT2D eigenvalue weighted by Gasteiger charge is 2.12. The van der Waals surface area contributed by atoms with Crippen LogP contribution in [-0.2, 0) is 0 Å². The van der Waals surface area contributed by atoms with E-state index in [4.69, 9.17) is 9.47 Å². The van der Waals surface area contributed by atoms with Crippen LogP contribution in [0, 0.1) is 0 Å². The van der Waals surface area contributed by atoms with E-state index in [1.165, 1.54) is 19.2 Å². The molecule has 1 aromatic carbocycles. The molecular formula is C18H14N2O4. The number of benzene rings is 1. The lowest BCUT2D eigenvalue weighted by Gasteiger charge is -2.11. The van der Waals surface area contributed by atoms with E-state index in [9.17, 15) is 9.90 Å². The summed E-state index contributed by atoms with van der Waals surface area (Å²) in [5.74, 6) is 0.0365. The van der Waals surface area contributed by atoms with Crippen molar-refractivity contribution in [2.24, 2.45) is 0 Å². The fourth-order valence-electron chi connectivity index (χ4n) is 2.21. The summed E-state index contributed by atoms with van der Waals surface area (Å²) in [6.45, 7) is 0. The van der Waals surface area contributed by atoms with Crippen LogP contribution in [0.3, 0.4) is 0 Å². The highest BCUT2D eigenvalue weighted by molar-refractivity contribution is 5.88. The maximum Gasteiger partial charge on any atom is 0.335 e. The number of hydrogen-bond donors (Lipinski definition) is 1. The summed E-state index contributed by atoms with van der Waals surface area (Å²) in [5.41, 5.74) is 1.75. The molecule has 0 amide bonds. The van der Waals surface area contributed by atoms with Crippen LogP contribution in [0.5, 0.6) is 17.4 Å². The molecule has 0 saturated carbocycles. The largest absolute Gasteiger partial charge is 0.497 e. The number of carboxylic acid groups (broad SMARTS) is 1. The molecule has 3 rings (SSSR count). The molecule has 3 aromatic rings. The zero-order valence-electron chi connectivity index (χ0n) is 12.8. The van der Waals surface area contributed by atoms with Gasteiger partial charge in [-0.05, 0) is 42.0 Å². The van der Waals surface area contributed by atoms with Crippen molar-refractivity contribution in [3.8, 4) is 28.5 Å². The highest BCUT2D eigenvalue weighted by atomic mass is 16.5. The number of aromatic nitrogens is 2. The Kier molecular flexibility index (Phi) is 4.38. The number of pyridine rings is 2. The zero-order chi connectivity index (χ0) is 16.9. The molecule has 6 nitrogen and oxygen atoms in total. The topological polar surface area (TPSA) is 81.5 Å². The molecule has 2 aromatic heterocycles. The predicted octanol–water partition coefficient (Wildman–Crippen LogP) is 3.64. The minimum absolute atomic E-state index is 0.0748. The fraction of sp³-hybridized carbons (Fsp3) is 0.0556.